The second-order valence-electron chi connectivity index (χ2n) is 10.3. The van der Waals surface area contributed by atoms with Gasteiger partial charge in [0.15, 0.2) is 5.11 Å². The summed E-state index contributed by atoms with van der Waals surface area (Å²) >= 11 is 5.82. The summed E-state index contributed by atoms with van der Waals surface area (Å²) in [6.45, 7) is 6.37. The highest BCUT2D eigenvalue weighted by molar-refractivity contribution is 7.80. The van der Waals surface area contributed by atoms with Crippen LogP contribution in [0.4, 0.5) is 5.69 Å². The van der Waals surface area contributed by atoms with Crippen molar-refractivity contribution in [1.29, 1.82) is 0 Å². The van der Waals surface area contributed by atoms with Crippen molar-refractivity contribution in [2.24, 2.45) is 0 Å². The minimum atomic E-state index is -0.975. The van der Waals surface area contributed by atoms with Crippen molar-refractivity contribution in [2.45, 2.75) is 39.3 Å². The van der Waals surface area contributed by atoms with Gasteiger partial charge in [0.25, 0.3) is 0 Å². The number of benzene rings is 2. The molecular weight excluding hydrogens is 550 g/mol. The van der Waals surface area contributed by atoms with E-state index in [9.17, 15) is 14.7 Å². The summed E-state index contributed by atoms with van der Waals surface area (Å²) in [6.07, 6.45) is 1.95. The molecule has 0 bridgehead atoms. The Hall–Kier alpha value is -4.70. The molecule has 9 nitrogen and oxygen atoms in total. The summed E-state index contributed by atoms with van der Waals surface area (Å²) in [5, 5.41) is 16.6. The molecule has 216 valence electrons. The number of nitrogens with zero attached hydrogens (tertiary/aromatic N) is 3. The van der Waals surface area contributed by atoms with Crippen LogP contribution in [-0.2, 0) is 4.79 Å². The van der Waals surface area contributed by atoms with Crippen molar-refractivity contribution in [3.8, 4) is 11.4 Å². The number of anilines is 1. The summed E-state index contributed by atoms with van der Waals surface area (Å²) < 4.78 is 7.46. The average Bonchev–Trinajstić information content (AvgIpc) is 3.46. The number of carboxylic acid groups (broad SMARTS) is 1. The van der Waals surface area contributed by atoms with Gasteiger partial charge in [0.05, 0.1) is 36.1 Å². The van der Waals surface area contributed by atoms with Crippen LogP contribution in [0, 0.1) is 20.8 Å². The lowest BCUT2D eigenvalue weighted by molar-refractivity contribution is -0.116. The van der Waals surface area contributed by atoms with Gasteiger partial charge < -0.3 is 29.9 Å². The number of para-hydroxylation sites is 2. The quantitative estimate of drug-likeness (QED) is 0.222. The van der Waals surface area contributed by atoms with Crippen LogP contribution in [0.2, 0.25) is 0 Å². The molecule has 2 aromatic carbocycles. The van der Waals surface area contributed by atoms with Gasteiger partial charge in [-0.05, 0) is 86.6 Å². The second-order valence-corrected chi connectivity index (χ2v) is 10.7. The number of ether oxygens (including phenoxy) is 1. The third-order valence-electron chi connectivity index (χ3n) is 7.64. The van der Waals surface area contributed by atoms with Crippen molar-refractivity contribution in [1.82, 2.24) is 19.8 Å². The molecule has 0 aliphatic carbocycles. The minimum absolute atomic E-state index is 0.158. The first-order valence-corrected chi connectivity index (χ1v) is 14.0. The lowest BCUT2D eigenvalue weighted by atomic mass is 9.96. The number of amides is 1. The van der Waals surface area contributed by atoms with Crippen LogP contribution >= 0.6 is 12.2 Å². The molecule has 0 unspecified atom stereocenters. The Balaban J connectivity index is 1.50. The van der Waals surface area contributed by atoms with Gasteiger partial charge in [0.2, 0.25) is 5.91 Å². The van der Waals surface area contributed by atoms with E-state index in [4.69, 9.17) is 17.0 Å². The number of methoxy groups -OCH3 is 1. The number of carbonyl (C=O) groups is 2. The molecule has 0 saturated carbocycles. The van der Waals surface area contributed by atoms with E-state index in [2.05, 4.69) is 26.3 Å². The molecule has 42 heavy (non-hydrogen) atoms. The number of aromatic carboxylic acids is 1. The summed E-state index contributed by atoms with van der Waals surface area (Å²) in [7, 11) is 1.57. The van der Waals surface area contributed by atoms with Crippen molar-refractivity contribution in [3.05, 3.63) is 107 Å². The fourth-order valence-corrected chi connectivity index (χ4v) is 5.94. The van der Waals surface area contributed by atoms with Gasteiger partial charge >= 0.3 is 5.97 Å². The number of pyridine rings is 1. The van der Waals surface area contributed by atoms with Crippen LogP contribution in [0.3, 0.4) is 0 Å². The highest BCUT2D eigenvalue weighted by Gasteiger charge is 2.41. The van der Waals surface area contributed by atoms with Gasteiger partial charge in [-0.3, -0.25) is 9.78 Å². The molecule has 4 aromatic rings. The van der Waals surface area contributed by atoms with Crippen LogP contribution in [0.15, 0.2) is 72.9 Å². The Labute approximate surface area is 250 Å². The number of hydrogen-bond donors (Lipinski definition) is 3. The average molecular weight is 584 g/mol. The molecular formula is C32H33N5O4S. The van der Waals surface area contributed by atoms with E-state index in [1.54, 1.807) is 37.6 Å². The highest BCUT2D eigenvalue weighted by atomic mass is 32.1. The maximum atomic E-state index is 13.1. The number of aryl methyl sites for hydroxylation is 2. The standard InChI is InChI=1S/C32H33N5O4S/c1-19-12-13-22(31(39)40)18-26(19)37-20(2)17-23(21(37)3)30-29(25-10-7-8-15-33-25)35-32(42)36(30)16-14-28(38)34-24-9-5-6-11-27(24)41-4/h5-13,15,17-18,29-30H,14,16H2,1-4H3,(H,34,38)(H,35,42)(H,39,40)/t29-,30-/m0/s1. The summed E-state index contributed by atoms with van der Waals surface area (Å²) in [6, 6.07) is 19.8. The molecule has 2 atom stereocenters. The maximum Gasteiger partial charge on any atom is 0.335 e. The SMILES string of the molecule is COc1ccccc1NC(=O)CCN1C(=S)N[C@@H](c2ccccn2)[C@@H]1c1cc(C)n(-c2cc(C(=O)O)ccc2C)c1C. The maximum absolute atomic E-state index is 13.1. The van der Waals surface area contributed by atoms with Crippen molar-refractivity contribution in [2.75, 3.05) is 19.0 Å². The molecule has 1 aliphatic rings. The number of carbonyl (C=O) groups excluding carboxylic acids is 1. The van der Waals surface area contributed by atoms with Gasteiger partial charge in [-0.25, -0.2) is 4.79 Å². The molecule has 1 fully saturated rings. The molecule has 2 aromatic heterocycles. The first kappa shape index (κ1) is 28.8. The van der Waals surface area contributed by atoms with E-state index in [1.807, 2.05) is 62.1 Å². The Morgan fingerprint density at radius 1 is 1.07 bits per heavy atom. The first-order chi connectivity index (χ1) is 20.2. The minimum Gasteiger partial charge on any atom is -0.495 e. The summed E-state index contributed by atoms with van der Waals surface area (Å²) in [5.41, 5.74) is 6.36. The molecule has 1 saturated heterocycles. The molecule has 5 rings (SSSR count). The lowest BCUT2D eigenvalue weighted by Gasteiger charge is -2.28. The van der Waals surface area contributed by atoms with E-state index in [0.29, 0.717) is 23.1 Å². The third kappa shape index (κ3) is 5.58. The van der Waals surface area contributed by atoms with Crippen molar-refractivity contribution in [3.63, 3.8) is 0 Å². The Kier molecular flexibility index (Phi) is 8.26. The molecule has 0 spiro atoms. The smallest absolute Gasteiger partial charge is 0.335 e. The van der Waals surface area contributed by atoms with Crippen molar-refractivity contribution >= 4 is 34.9 Å². The predicted molar refractivity (Wildman–Crippen MR) is 165 cm³/mol. The van der Waals surface area contributed by atoms with Crippen LogP contribution in [0.25, 0.3) is 5.69 Å². The number of nitrogens with one attached hydrogen (secondary N) is 2. The topological polar surface area (TPSA) is 109 Å². The zero-order valence-corrected chi connectivity index (χ0v) is 24.7. The van der Waals surface area contributed by atoms with Gasteiger partial charge in [-0.1, -0.05) is 24.3 Å². The van der Waals surface area contributed by atoms with Crippen LogP contribution < -0.4 is 15.4 Å². The Morgan fingerprint density at radius 2 is 1.83 bits per heavy atom. The van der Waals surface area contributed by atoms with Gasteiger partial charge in [-0.2, -0.15) is 0 Å². The lowest BCUT2D eigenvalue weighted by Crippen LogP contribution is -2.33. The predicted octanol–water partition coefficient (Wildman–Crippen LogP) is 5.51. The van der Waals surface area contributed by atoms with E-state index < -0.39 is 5.97 Å². The number of carboxylic acids is 1. The fraction of sp³-hybridized carbons (Fsp3) is 0.250. The van der Waals surface area contributed by atoms with Crippen LogP contribution in [-0.4, -0.2) is 50.2 Å². The zero-order valence-electron chi connectivity index (χ0n) is 23.9. The number of hydrogen-bond acceptors (Lipinski definition) is 5. The largest absolute Gasteiger partial charge is 0.495 e. The van der Waals surface area contributed by atoms with Gasteiger partial charge in [0, 0.05) is 36.2 Å². The Morgan fingerprint density at radius 3 is 2.55 bits per heavy atom. The monoisotopic (exact) mass is 583 g/mol. The van der Waals surface area contributed by atoms with Crippen molar-refractivity contribution < 1.29 is 19.4 Å². The molecule has 10 heteroatoms. The van der Waals surface area contributed by atoms with E-state index in [-0.39, 0.29) is 30.0 Å². The highest BCUT2D eigenvalue weighted by Crippen LogP contribution is 2.41. The number of thiocarbonyl (C=S) groups is 1. The molecule has 3 heterocycles. The second kappa shape index (κ2) is 12.0. The molecule has 1 aliphatic heterocycles. The van der Waals surface area contributed by atoms with Gasteiger partial charge in [-0.15, -0.1) is 0 Å². The first-order valence-electron chi connectivity index (χ1n) is 13.6. The number of rotatable bonds is 9. The van der Waals surface area contributed by atoms with E-state index in [0.717, 1.165) is 33.9 Å². The molecule has 1 amide bonds. The summed E-state index contributed by atoms with van der Waals surface area (Å²) in [4.78, 5) is 31.5. The van der Waals surface area contributed by atoms with Crippen LogP contribution in [0.1, 0.15) is 57.1 Å². The molecule has 0 radical (unpaired) electrons. The summed E-state index contributed by atoms with van der Waals surface area (Å²) in [5.74, 6) is -0.544. The Bertz CT molecular complexity index is 1650. The normalized spacial score (nSPS) is 16.3. The van der Waals surface area contributed by atoms with E-state index >= 15 is 0 Å². The van der Waals surface area contributed by atoms with Gasteiger partial charge in [0.1, 0.15) is 5.75 Å². The number of aromatic nitrogens is 2. The molecule has 3 N–H and O–H groups in total. The van der Waals surface area contributed by atoms with Crippen LogP contribution in [0.5, 0.6) is 5.75 Å². The third-order valence-corrected chi connectivity index (χ3v) is 8.00. The zero-order chi connectivity index (χ0) is 30.0. The fourth-order valence-electron chi connectivity index (χ4n) is 5.61. The van der Waals surface area contributed by atoms with E-state index in [1.165, 1.54) is 0 Å².